The molecule has 0 aliphatic rings. The Bertz CT molecular complexity index is 796. The van der Waals surface area contributed by atoms with Crippen LogP contribution < -0.4 is 10.6 Å². The molecule has 5 heteroatoms. The average molecular weight is 349 g/mol. The van der Waals surface area contributed by atoms with Gasteiger partial charge in [0.1, 0.15) is 0 Å². The van der Waals surface area contributed by atoms with Crippen molar-refractivity contribution < 1.29 is 0 Å². The third-order valence-corrected chi connectivity index (χ3v) is 4.45. The lowest BCUT2D eigenvalue weighted by Crippen LogP contribution is -2.36. The predicted molar refractivity (Wildman–Crippen MR) is 107 cm³/mol. The lowest BCUT2D eigenvalue weighted by Gasteiger charge is -2.24. The lowest BCUT2D eigenvalue weighted by molar-refractivity contribution is 0.484. The van der Waals surface area contributed by atoms with Gasteiger partial charge in [-0.1, -0.05) is 32.0 Å². The zero-order chi connectivity index (χ0) is 18.4. The maximum Gasteiger partial charge on any atom is 0.0983 e. The molecule has 2 heterocycles. The average Bonchev–Trinajstić information content (AvgIpc) is 3.03. The smallest absolute Gasteiger partial charge is 0.0983 e. The number of para-hydroxylation sites is 1. The fraction of sp³-hybridized carbons (Fsp3) is 0.333. The van der Waals surface area contributed by atoms with Gasteiger partial charge in [-0.05, 0) is 30.2 Å². The van der Waals surface area contributed by atoms with Crippen LogP contribution in [0.4, 0.5) is 5.69 Å². The van der Waals surface area contributed by atoms with Gasteiger partial charge in [-0.2, -0.15) is 5.10 Å². The van der Waals surface area contributed by atoms with Gasteiger partial charge in [-0.15, -0.1) is 0 Å². The summed E-state index contributed by atoms with van der Waals surface area (Å²) in [6.45, 7) is 6.15. The molecule has 0 saturated carbocycles. The van der Waals surface area contributed by atoms with Crippen LogP contribution in [0.3, 0.4) is 0 Å². The maximum absolute atomic E-state index is 4.60. The first kappa shape index (κ1) is 18.1. The first-order chi connectivity index (χ1) is 12.6. The van der Waals surface area contributed by atoms with Gasteiger partial charge in [0.05, 0.1) is 5.69 Å². The van der Waals surface area contributed by atoms with E-state index in [4.69, 9.17) is 0 Å². The first-order valence-electron chi connectivity index (χ1n) is 9.08. The highest BCUT2D eigenvalue weighted by molar-refractivity contribution is 5.61. The largest absolute Gasteiger partial charge is 0.381 e. The van der Waals surface area contributed by atoms with Crippen LogP contribution in [0.25, 0.3) is 11.3 Å². The second-order valence-corrected chi connectivity index (χ2v) is 6.91. The number of aromatic nitrogens is 3. The number of aryl methyl sites for hydroxylation is 1. The van der Waals surface area contributed by atoms with E-state index in [1.165, 1.54) is 5.56 Å². The Labute approximate surface area is 155 Å². The Morgan fingerprint density at radius 3 is 2.58 bits per heavy atom. The van der Waals surface area contributed by atoms with Gasteiger partial charge in [0.15, 0.2) is 0 Å². The molecule has 0 aliphatic heterocycles. The molecule has 0 unspecified atom stereocenters. The van der Waals surface area contributed by atoms with Crippen molar-refractivity contribution in [1.29, 1.82) is 0 Å². The summed E-state index contributed by atoms with van der Waals surface area (Å²) >= 11 is 0. The third-order valence-electron chi connectivity index (χ3n) is 4.45. The Hall–Kier alpha value is -2.66. The monoisotopic (exact) mass is 349 g/mol. The number of anilines is 1. The number of rotatable bonds is 8. The summed E-state index contributed by atoms with van der Waals surface area (Å²) in [5.74, 6) is 0.523. The SMILES string of the molecule is CC(C)[C@@H](CNCc1cn(C)nc1-c1cccnc1)Nc1ccccc1. The number of hydrogen-bond acceptors (Lipinski definition) is 4. The molecule has 0 bridgehead atoms. The summed E-state index contributed by atoms with van der Waals surface area (Å²) in [5, 5.41) is 11.8. The van der Waals surface area contributed by atoms with Crippen LogP contribution in [-0.4, -0.2) is 27.4 Å². The minimum absolute atomic E-state index is 0.357. The van der Waals surface area contributed by atoms with E-state index in [1.807, 2.05) is 36.1 Å². The summed E-state index contributed by atoms with van der Waals surface area (Å²) < 4.78 is 1.86. The number of nitrogens with one attached hydrogen (secondary N) is 2. The zero-order valence-electron chi connectivity index (χ0n) is 15.7. The van der Waals surface area contributed by atoms with Crippen molar-refractivity contribution in [3.8, 4) is 11.3 Å². The molecule has 0 saturated heterocycles. The molecular weight excluding hydrogens is 322 g/mol. The Morgan fingerprint density at radius 1 is 1.08 bits per heavy atom. The second kappa shape index (κ2) is 8.63. The van der Waals surface area contributed by atoms with Gasteiger partial charge < -0.3 is 10.6 Å². The highest BCUT2D eigenvalue weighted by Crippen LogP contribution is 2.20. The summed E-state index contributed by atoms with van der Waals surface area (Å²) in [6, 6.07) is 14.7. The van der Waals surface area contributed by atoms with Gasteiger partial charge in [-0.25, -0.2) is 0 Å². The number of hydrogen-bond donors (Lipinski definition) is 2. The van der Waals surface area contributed by atoms with Gasteiger partial charge in [0, 0.05) is 61.6 Å². The van der Waals surface area contributed by atoms with E-state index in [9.17, 15) is 0 Å². The third kappa shape index (κ3) is 4.70. The minimum atomic E-state index is 0.357. The van der Waals surface area contributed by atoms with E-state index in [0.29, 0.717) is 12.0 Å². The van der Waals surface area contributed by atoms with Gasteiger partial charge in [0.2, 0.25) is 0 Å². The van der Waals surface area contributed by atoms with E-state index < -0.39 is 0 Å². The normalized spacial score (nSPS) is 12.3. The fourth-order valence-electron chi connectivity index (χ4n) is 2.98. The highest BCUT2D eigenvalue weighted by atomic mass is 15.3. The van der Waals surface area contributed by atoms with Crippen molar-refractivity contribution >= 4 is 5.69 Å². The van der Waals surface area contributed by atoms with Crippen molar-refractivity contribution in [2.24, 2.45) is 13.0 Å². The van der Waals surface area contributed by atoms with Crippen molar-refractivity contribution in [3.05, 3.63) is 66.6 Å². The van der Waals surface area contributed by atoms with Crippen LogP contribution >= 0.6 is 0 Å². The molecule has 2 N–H and O–H groups in total. The van der Waals surface area contributed by atoms with E-state index in [0.717, 1.165) is 30.0 Å². The molecule has 3 aromatic rings. The quantitative estimate of drug-likeness (QED) is 0.651. The van der Waals surface area contributed by atoms with Crippen molar-refractivity contribution in [2.45, 2.75) is 26.4 Å². The molecule has 0 amide bonds. The van der Waals surface area contributed by atoms with Crippen molar-refractivity contribution in [1.82, 2.24) is 20.1 Å². The molecule has 0 spiro atoms. The van der Waals surface area contributed by atoms with Crippen LogP contribution in [-0.2, 0) is 13.6 Å². The van der Waals surface area contributed by atoms with Crippen LogP contribution in [0.5, 0.6) is 0 Å². The Balaban J connectivity index is 1.63. The molecule has 3 rings (SSSR count). The second-order valence-electron chi connectivity index (χ2n) is 6.91. The van der Waals surface area contributed by atoms with Crippen LogP contribution in [0, 0.1) is 5.92 Å². The van der Waals surface area contributed by atoms with Crippen molar-refractivity contribution in [2.75, 3.05) is 11.9 Å². The van der Waals surface area contributed by atoms with Gasteiger partial charge in [0.25, 0.3) is 0 Å². The first-order valence-corrected chi connectivity index (χ1v) is 9.08. The summed E-state index contributed by atoms with van der Waals surface area (Å²) in [7, 11) is 1.96. The minimum Gasteiger partial charge on any atom is -0.381 e. The van der Waals surface area contributed by atoms with Gasteiger partial charge in [-0.3, -0.25) is 9.67 Å². The standard InChI is InChI=1S/C21H27N5/c1-16(2)20(24-19-9-5-4-6-10-19)14-23-13-18-15-26(3)25-21(18)17-8-7-11-22-12-17/h4-12,15-16,20,23-24H,13-14H2,1-3H3/t20-/m1/s1. The topological polar surface area (TPSA) is 54.8 Å². The van der Waals surface area contributed by atoms with Crippen LogP contribution in [0.1, 0.15) is 19.4 Å². The number of nitrogens with zero attached hydrogens (tertiary/aromatic N) is 3. The summed E-state index contributed by atoms with van der Waals surface area (Å²) in [4.78, 5) is 4.21. The Morgan fingerprint density at radius 2 is 1.88 bits per heavy atom. The molecule has 1 atom stereocenters. The van der Waals surface area contributed by atoms with Crippen molar-refractivity contribution in [3.63, 3.8) is 0 Å². The lowest BCUT2D eigenvalue weighted by atomic mass is 10.0. The zero-order valence-corrected chi connectivity index (χ0v) is 15.7. The molecule has 136 valence electrons. The molecule has 5 nitrogen and oxygen atoms in total. The van der Waals surface area contributed by atoms with Crippen LogP contribution in [0.2, 0.25) is 0 Å². The predicted octanol–water partition coefficient (Wildman–Crippen LogP) is 3.71. The number of pyridine rings is 1. The summed E-state index contributed by atoms with van der Waals surface area (Å²) in [5.41, 5.74) is 4.38. The van der Waals surface area contributed by atoms with E-state index >= 15 is 0 Å². The maximum atomic E-state index is 4.60. The van der Waals surface area contributed by atoms with E-state index in [2.05, 4.69) is 65.0 Å². The van der Waals surface area contributed by atoms with E-state index in [-0.39, 0.29) is 0 Å². The fourth-order valence-corrected chi connectivity index (χ4v) is 2.98. The van der Waals surface area contributed by atoms with Gasteiger partial charge >= 0.3 is 0 Å². The highest BCUT2D eigenvalue weighted by Gasteiger charge is 2.14. The number of benzene rings is 1. The summed E-state index contributed by atoms with van der Waals surface area (Å²) in [6.07, 6.45) is 5.72. The molecule has 2 aromatic heterocycles. The Kier molecular flexibility index (Phi) is 6.02. The molecular formula is C21H27N5. The molecule has 1 aromatic carbocycles. The molecule has 0 aliphatic carbocycles. The molecule has 0 radical (unpaired) electrons. The molecule has 0 fully saturated rings. The van der Waals surface area contributed by atoms with E-state index in [1.54, 1.807) is 6.20 Å². The molecule has 26 heavy (non-hydrogen) atoms. The van der Waals surface area contributed by atoms with Crippen LogP contribution in [0.15, 0.2) is 61.1 Å².